The van der Waals surface area contributed by atoms with E-state index in [1.54, 1.807) is 0 Å². The zero-order valence-corrected chi connectivity index (χ0v) is 18.6. The number of sulfone groups is 1. The molecule has 0 saturated carbocycles. The van der Waals surface area contributed by atoms with Crippen LogP contribution in [0, 0.1) is 17.5 Å². The van der Waals surface area contributed by atoms with E-state index in [1.165, 1.54) is 31.3 Å². The van der Waals surface area contributed by atoms with Gasteiger partial charge in [-0.1, -0.05) is 12.1 Å². The average Bonchev–Trinajstić information content (AvgIpc) is 2.65. The van der Waals surface area contributed by atoms with Crippen LogP contribution < -0.4 is 15.4 Å². The number of ether oxygens (including phenoxy) is 1. The Hall–Kier alpha value is -2.02. The molecule has 29 heavy (non-hydrogen) atoms. The van der Waals surface area contributed by atoms with Crippen molar-refractivity contribution in [2.24, 2.45) is 4.99 Å². The smallest absolute Gasteiger partial charge is 0.191 e. The monoisotopic (exact) mass is 543 g/mol. The standard InChI is InChI=1S/C18H20F3N3O3S.HI/c1-22-18(23-8-10-27-16-7-6-13(19)12-15(16)21)24-9-11-28(25,26)17-5-3-2-4-14(17)20;/h2-7,12H,8-11H2,1H3,(H2,22,23,24);1H. The molecule has 0 aromatic heterocycles. The highest BCUT2D eigenvalue weighted by atomic mass is 127. The van der Waals surface area contributed by atoms with Gasteiger partial charge in [-0.05, 0) is 24.3 Å². The number of halogens is 4. The number of benzene rings is 2. The molecule has 2 aromatic rings. The zero-order valence-electron chi connectivity index (χ0n) is 15.5. The van der Waals surface area contributed by atoms with Crippen LogP contribution in [0.4, 0.5) is 13.2 Å². The third-order valence-electron chi connectivity index (χ3n) is 3.60. The molecule has 0 heterocycles. The van der Waals surface area contributed by atoms with Crippen molar-refractivity contribution in [3.05, 3.63) is 59.9 Å². The van der Waals surface area contributed by atoms with Gasteiger partial charge in [0.25, 0.3) is 0 Å². The molecular formula is C18H21F3IN3O3S. The van der Waals surface area contributed by atoms with Crippen molar-refractivity contribution >= 4 is 39.8 Å². The molecule has 11 heteroatoms. The first-order valence-electron chi connectivity index (χ1n) is 8.33. The quantitative estimate of drug-likeness (QED) is 0.232. The number of hydrogen-bond donors (Lipinski definition) is 2. The molecule has 0 fully saturated rings. The van der Waals surface area contributed by atoms with Crippen LogP contribution in [0.15, 0.2) is 52.4 Å². The summed E-state index contributed by atoms with van der Waals surface area (Å²) >= 11 is 0. The molecule has 160 valence electrons. The fourth-order valence-electron chi connectivity index (χ4n) is 2.25. The predicted octanol–water partition coefficient (Wildman–Crippen LogP) is 2.74. The third-order valence-corrected chi connectivity index (χ3v) is 5.35. The first-order chi connectivity index (χ1) is 13.3. The van der Waals surface area contributed by atoms with Crippen molar-refractivity contribution in [2.45, 2.75) is 4.90 Å². The lowest BCUT2D eigenvalue weighted by atomic mass is 10.3. The Bertz CT molecular complexity index is 943. The van der Waals surface area contributed by atoms with Gasteiger partial charge in [0, 0.05) is 19.7 Å². The SMILES string of the molecule is CN=C(NCCOc1ccc(F)cc1F)NCCS(=O)(=O)c1ccccc1F.I. The van der Waals surface area contributed by atoms with Crippen LogP contribution in [0.3, 0.4) is 0 Å². The summed E-state index contributed by atoms with van der Waals surface area (Å²) in [6.45, 7) is 0.303. The van der Waals surface area contributed by atoms with Gasteiger partial charge in [-0.2, -0.15) is 0 Å². The van der Waals surface area contributed by atoms with E-state index in [1.807, 2.05) is 0 Å². The molecule has 2 N–H and O–H groups in total. The molecular weight excluding hydrogens is 522 g/mol. The first kappa shape index (κ1) is 25.0. The number of guanidine groups is 1. The Balaban J connectivity index is 0.00000420. The van der Waals surface area contributed by atoms with Gasteiger partial charge in [0.2, 0.25) is 0 Å². The van der Waals surface area contributed by atoms with Gasteiger partial charge in [-0.15, -0.1) is 24.0 Å². The summed E-state index contributed by atoms with van der Waals surface area (Å²) in [5, 5.41) is 5.65. The second-order valence-electron chi connectivity index (χ2n) is 5.60. The molecule has 0 radical (unpaired) electrons. The highest BCUT2D eigenvalue weighted by Gasteiger charge is 2.18. The third kappa shape index (κ3) is 7.72. The Morgan fingerprint density at radius 1 is 1.03 bits per heavy atom. The summed E-state index contributed by atoms with van der Waals surface area (Å²) in [6, 6.07) is 8.16. The minimum Gasteiger partial charge on any atom is -0.489 e. The Kier molecular flexibility index (Phi) is 10.2. The molecule has 0 unspecified atom stereocenters. The molecule has 6 nitrogen and oxygen atoms in total. The molecule has 2 rings (SSSR count). The van der Waals surface area contributed by atoms with E-state index in [9.17, 15) is 21.6 Å². The van der Waals surface area contributed by atoms with Gasteiger partial charge in [-0.25, -0.2) is 21.6 Å². The van der Waals surface area contributed by atoms with Crippen LogP contribution in [0.1, 0.15) is 0 Å². The summed E-state index contributed by atoms with van der Waals surface area (Å²) in [7, 11) is -2.29. The van der Waals surface area contributed by atoms with Crippen molar-refractivity contribution in [1.82, 2.24) is 10.6 Å². The van der Waals surface area contributed by atoms with Gasteiger partial charge in [0.1, 0.15) is 23.1 Å². The van der Waals surface area contributed by atoms with Crippen LogP contribution in [-0.2, 0) is 9.84 Å². The van der Waals surface area contributed by atoms with Gasteiger partial charge in [0.15, 0.2) is 27.4 Å². The van der Waals surface area contributed by atoms with E-state index in [2.05, 4.69) is 15.6 Å². The molecule has 0 aliphatic rings. The van der Waals surface area contributed by atoms with Crippen molar-refractivity contribution in [3.8, 4) is 5.75 Å². The minimum absolute atomic E-state index is 0. The van der Waals surface area contributed by atoms with E-state index < -0.39 is 27.3 Å². The van der Waals surface area contributed by atoms with E-state index in [0.29, 0.717) is 5.96 Å². The van der Waals surface area contributed by atoms with Gasteiger partial charge < -0.3 is 15.4 Å². The van der Waals surface area contributed by atoms with Crippen molar-refractivity contribution in [1.29, 1.82) is 0 Å². The topological polar surface area (TPSA) is 79.8 Å². The average molecular weight is 543 g/mol. The van der Waals surface area contributed by atoms with Gasteiger partial charge in [-0.3, -0.25) is 4.99 Å². The van der Waals surface area contributed by atoms with E-state index >= 15 is 0 Å². The molecule has 0 atom stereocenters. The Morgan fingerprint density at radius 2 is 1.72 bits per heavy atom. The van der Waals surface area contributed by atoms with Crippen LogP contribution in [0.5, 0.6) is 5.75 Å². The Morgan fingerprint density at radius 3 is 2.38 bits per heavy atom. The minimum atomic E-state index is -3.78. The van der Waals surface area contributed by atoms with E-state index in [-0.39, 0.29) is 60.1 Å². The lowest BCUT2D eigenvalue weighted by molar-refractivity contribution is 0.304. The van der Waals surface area contributed by atoms with Crippen molar-refractivity contribution < 1.29 is 26.3 Å². The lowest BCUT2D eigenvalue weighted by Gasteiger charge is -2.13. The van der Waals surface area contributed by atoms with Crippen LogP contribution in [0.25, 0.3) is 0 Å². The molecule has 0 saturated heterocycles. The molecule has 0 bridgehead atoms. The second-order valence-corrected chi connectivity index (χ2v) is 7.68. The summed E-state index contributed by atoms with van der Waals surface area (Å²) in [6.07, 6.45) is 0. The predicted molar refractivity (Wildman–Crippen MR) is 115 cm³/mol. The summed E-state index contributed by atoms with van der Waals surface area (Å²) in [4.78, 5) is 3.57. The normalized spacial score (nSPS) is 11.5. The van der Waals surface area contributed by atoms with Crippen LogP contribution >= 0.6 is 24.0 Å². The molecule has 2 aromatic carbocycles. The Labute approximate surface area is 184 Å². The van der Waals surface area contributed by atoms with Crippen LogP contribution in [-0.4, -0.2) is 46.9 Å². The highest BCUT2D eigenvalue weighted by Crippen LogP contribution is 2.17. The largest absolute Gasteiger partial charge is 0.489 e. The summed E-state index contributed by atoms with van der Waals surface area (Å²) in [5.41, 5.74) is 0. The first-order valence-corrected chi connectivity index (χ1v) is 9.98. The van der Waals surface area contributed by atoms with E-state index in [0.717, 1.165) is 18.2 Å². The highest BCUT2D eigenvalue weighted by molar-refractivity contribution is 14.0. The maximum Gasteiger partial charge on any atom is 0.191 e. The van der Waals surface area contributed by atoms with Crippen molar-refractivity contribution in [3.63, 3.8) is 0 Å². The lowest BCUT2D eigenvalue weighted by Crippen LogP contribution is -2.41. The number of aliphatic imine (C=N–C) groups is 1. The number of nitrogens with one attached hydrogen (secondary N) is 2. The maximum atomic E-state index is 13.6. The second kappa shape index (κ2) is 11.9. The molecule has 0 aliphatic carbocycles. The molecule has 0 spiro atoms. The fourth-order valence-corrected chi connectivity index (χ4v) is 3.50. The zero-order chi connectivity index (χ0) is 20.6. The van der Waals surface area contributed by atoms with Gasteiger partial charge >= 0.3 is 0 Å². The maximum absolute atomic E-state index is 13.6. The number of rotatable bonds is 8. The fraction of sp³-hybridized carbons (Fsp3) is 0.278. The summed E-state index contributed by atoms with van der Waals surface area (Å²) < 4.78 is 69.4. The number of hydrogen-bond acceptors (Lipinski definition) is 4. The van der Waals surface area contributed by atoms with E-state index in [4.69, 9.17) is 4.74 Å². The molecule has 0 amide bonds. The van der Waals surface area contributed by atoms with Gasteiger partial charge in [0.05, 0.1) is 12.3 Å². The number of nitrogens with zero attached hydrogens (tertiary/aromatic N) is 1. The molecule has 0 aliphatic heterocycles. The van der Waals surface area contributed by atoms with Crippen molar-refractivity contribution in [2.75, 3.05) is 32.5 Å². The summed E-state index contributed by atoms with van der Waals surface area (Å²) in [5.74, 6) is -2.41. The van der Waals surface area contributed by atoms with Crippen LogP contribution in [0.2, 0.25) is 0 Å².